The van der Waals surface area contributed by atoms with Crippen LogP contribution in [0.4, 0.5) is 4.39 Å². The van der Waals surface area contributed by atoms with Crippen LogP contribution in [0, 0.1) is 5.82 Å². The van der Waals surface area contributed by atoms with Crippen molar-refractivity contribution >= 4 is 38.4 Å². The van der Waals surface area contributed by atoms with E-state index in [2.05, 4.69) is 4.72 Å². The molecule has 21 heavy (non-hydrogen) atoms. The summed E-state index contributed by atoms with van der Waals surface area (Å²) in [6.45, 7) is 1.45. The van der Waals surface area contributed by atoms with Gasteiger partial charge in [0.1, 0.15) is 5.82 Å². The minimum Gasteiger partial charge on any atom is -0.478 e. The molecule has 6 nitrogen and oxygen atoms in total. The van der Waals surface area contributed by atoms with Crippen molar-refractivity contribution in [2.24, 2.45) is 0 Å². The number of carboxylic acid groups (broad SMARTS) is 1. The molecule has 0 aliphatic rings. The lowest BCUT2D eigenvalue weighted by molar-refractivity contribution is 0.0696. The first kappa shape index (κ1) is 18.0. The molecule has 0 bridgehead atoms. The third-order valence-electron chi connectivity index (χ3n) is 2.67. The van der Waals surface area contributed by atoms with Crippen LogP contribution in [0.5, 0.6) is 0 Å². The summed E-state index contributed by atoms with van der Waals surface area (Å²) in [6, 6.07) is 1.40. The maximum atomic E-state index is 13.5. The fraction of sp³-hybridized carbons (Fsp3) is 0.364. The van der Waals surface area contributed by atoms with E-state index in [4.69, 9.17) is 16.7 Å². The van der Waals surface area contributed by atoms with Gasteiger partial charge in [0.15, 0.2) is 0 Å². The molecule has 10 heteroatoms. The zero-order chi connectivity index (χ0) is 16.4. The minimum atomic E-state index is -4.13. The van der Waals surface area contributed by atoms with Crippen molar-refractivity contribution in [1.29, 1.82) is 0 Å². The highest BCUT2D eigenvalue weighted by Crippen LogP contribution is 2.24. The zero-order valence-corrected chi connectivity index (χ0v) is 13.5. The van der Waals surface area contributed by atoms with Crippen LogP contribution >= 0.6 is 11.6 Å². The second-order valence-electron chi connectivity index (χ2n) is 4.23. The predicted octanol–water partition coefficient (Wildman–Crippen LogP) is 1.22. The Kier molecular flexibility index (Phi) is 5.85. The molecule has 1 rings (SSSR count). The van der Waals surface area contributed by atoms with Gasteiger partial charge < -0.3 is 5.11 Å². The molecule has 2 N–H and O–H groups in total. The number of sulfonamides is 1. The largest absolute Gasteiger partial charge is 0.478 e. The van der Waals surface area contributed by atoms with Gasteiger partial charge in [-0.15, -0.1) is 0 Å². The molecule has 2 atom stereocenters. The molecule has 0 aliphatic heterocycles. The van der Waals surface area contributed by atoms with Gasteiger partial charge in [-0.25, -0.2) is 22.3 Å². The van der Waals surface area contributed by atoms with Crippen molar-refractivity contribution < 1.29 is 26.9 Å². The quantitative estimate of drug-likeness (QED) is 0.797. The van der Waals surface area contributed by atoms with Crippen LogP contribution in [-0.4, -0.2) is 41.8 Å². The Labute approximate surface area is 128 Å². The van der Waals surface area contributed by atoms with E-state index in [-0.39, 0.29) is 6.54 Å². The Morgan fingerprint density at radius 3 is 2.57 bits per heavy atom. The molecule has 0 aliphatic carbocycles. The third kappa shape index (κ3) is 4.47. The fourth-order valence-electron chi connectivity index (χ4n) is 1.30. The predicted molar refractivity (Wildman–Crippen MR) is 77.1 cm³/mol. The molecule has 0 radical (unpaired) electrons. The van der Waals surface area contributed by atoms with Gasteiger partial charge in [0.25, 0.3) is 0 Å². The van der Waals surface area contributed by atoms with Crippen molar-refractivity contribution in [1.82, 2.24) is 4.72 Å². The Morgan fingerprint density at radius 2 is 2.10 bits per heavy atom. The van der Waals surface area contributed by atoms with Crippen LogP contribution in [0.15, 0.2) is 17.0 Å². The highest BCUT2D eigenvalue weighted by Gasteiger charge is 2.22. The van der Waals surface area contributed by atoms with Gasteiger partial charge in [0.05, 0.1) is 15.5 Å². The molecule has 1 aromatic rings. The lowest BCUT2D eigenvalue weighted by atomic mass is 10.2. The number of carboxylic acids is 1. The minimum absolute atomic E-state index is 0.127. The Bertz CT molecular complexity index is 692. The van der Waals surface area contributed by atoms with Crippen molar-refractivity contribution in [2.75, 3.05) is 12.8 Å². The van der Waals surface area contributed by atoms with Crippen LogP contribution in [0.1, 0.15) is 17.3 Å². The highest BCUT2D eigenvalue weighted by atomic mass is 35.5. The maximum Gasteiger partial charge on any atom is 0.337 e. The summed E-state index contributed by atoms with van der Waals surface area (Å²) in [6.07, 6.45) is 1.42. The Hall–Kier alpha value is -1.03. The summed E-state index contributed by atoms with van der Waals surface area (Å²) in [4.78, 5) is 10.3. The van der Waals surface area contributed by atoms with Gasteiger partial charge >= 0.3 is 5.97 Å². The van der Waals surface area contributed by atoms with Crippen molar-refractivity contribution in [2.45, 2.75) is 17.1 Å². The standard InChI is InChI=1S/C11H13ClFNO5S2/c1-6(20(2)17)5-14-21(18,19)7-3-8(11(15)16)10(12)9(13)4-7/h3-4,6,14H,5H2,1-2H3,(H,15,16). The summed E-state index contributed by atoms with van der Waals surface area (Å²) in [5.41, 5.74) is -0.649. The fourth-order valence-corrected chi connectivity index (χ4v) is 3.08. The molecular formula is C11H13ClFNO5S2. The van der Waals surface area contributed by atoms with Gasteiger partial charge in [0.2, 0.25) is 10.0 Å². The van der Waals surface area contributed by atoms with E-state index >= 15 is 0 Å². The molecule has 0 amide bonds. The van der Waals surface area contributed by atoms with Gasteiger partial charge in [-0.3, -0.25) is 4.21 Å². The second kappa shape index (κ2) is 6.82. The van der Waals surface area contributed by atoms with Crippen molar-refractivity contribution in [3.8, 4) is 0 Å². The molecular weight excluding hydrogens is 345 g/mol. The van der Waals surface area contributed by atoms with E-state index in [0.717, 1.165) is 6.07 Å². The van der Waals surface area contributed by atoms with Crippen LogP contribution in [0.25, 0.3) is 0 Å². The number of hydrogen-bond acceptors (Lipinski definition) is 4. The van der Waals surface area contributed by atoms with Crippen molar-refractivity contribution in [3.63, 3.8) is 0 Å². The lowest BCUT2D eigenvalue weighted by Gasteiger charge is -2.11. The lowest BCUT2D eigenvalue weighted by Crippen LogP contribution is -2.32. The topological polar surface area (TPSA) is 101 Å². The number of benzene rings is 1. The number of hydrogen-bond donors (Lipinski definition) is 2. The van der Waals surface area contributed by atoms with Gasteiger partial charge in [-0.2, -0.15) is 0 Å². The Morgan fingerprint density at radius 1 is 1.52 bits per heavy atom. The van der Waals surface area contributed by atoms with Crippen LogP contribution < -0.4 is 4.72 Å². The third-order valence-corrected chi connectivity index (χ3v) is 5.76. The Balaban J connectivity index is 3.15. The van der Waals surface area contributed by atoms with E-state index in [1.807, 2.05) is 0 Å². The van der Waals surface area contributed by atoms with E-state index in [9.17, 15) is 21.8 Å². The van der Waals surface area contributed by atoms with Crippen LogP contribution in [-0.2, 0) is 20.8 Å². The first-order valence-corrected chi connectivity index (χ1v) is 9.08. The molecule has 0 saturated heterocycles. The molecule has 0 fully saturated rings. The SMILES string of the molecule is CC(CNS(=O)(=O)c1cc(F)c(Cl)c(C(=O)O)c1)S(C)=O. The number of carbonyl (C=O) groups is 1. The summed E-state index contributed by atoms with van der Waals surface area (Å²) < 4.78 is 50.8. The van der Waals surface area contributed by atoms with E-state index in [1.54, 1.807) is 6.92 Å². The normalized spacial score (nSPS) is 14.7. The number of halogens is 2. The smallest absolute Gasteiger partial charge is 0.337 e. The number of rotatable bonds is 6. The molecule has 1 aromatic carbocycles. The van der Waals surface area contributed by atoms with Crippen LogP contribution in [0.2, 0.25) is 5.02 Å². The summed E-state index contributed by atoms with van der Waals surface area (Å²) >= 11 is 5.47. The molecule has 0 aromatic heterocycles. The van der Waals surface area contributed by atoms with E-state index < -0.39 is 53.3 Å². The zero-order valence-electron chi connectivity index (χ0n) is 11.1. The molecule has 0 spiro atoms. The van der Waals surface area contributed by atoms with E-state index in [1.165, 1.54) is 6.26 Å². The average Bonchev–Trinajstić information content (AvgIpc) is 2.38. The molecule has 0 heterocycles. The van der Waals surface area contributed by atoms with Crippen LogP contribution in [0.3, 0.4) is 0 Å². The second-order valence-corrected chi connectivity index (χ2v) is 8.18. The molecule has 0 saturated carbocycles. The first-order valence-electron chi connectivity index (χ1n) is 5.60. The van der Waals surface area contributed by atoms with Gasteiger partial charge in [-0.1, -0.05) is 11.6 Å². The number of aromatic carboxylic acids is 1. The molecule has 2 unspecified atom stereocenters. The van der Waals surface area contributed by atoms with Gasteiger partial charge in [-0.05, 0) is 19.1 Å². The average molecular weight is 358 g/mol. The van der Waals surface area contributed by atoms with Crippen molar-refractivity contribution in [3.05, 3.63) is 28.5 Å². The highest BCUT2D eigenvalue weighted by molar-refractivity contribution is 7.89. The summed E-state index contributed by atoms with van der Waals surface area (Å²) in [5.74, 6) is -2.69. The summed E-state index contributed by atoms with van der Waals surface area (Å²) in [5, 5.41) is 7.75. The molecule has 118 valence electrons. The first-order chi connectivity index (χ1) is 9.56. The maximum absolute atomic E-state index is 13.5. The van der Waals surface area contributed by atoms with E-state index in [0.29, 0.717) is 6.07 Å². The monoisotopic (exact) mass is 357 g/mol. The van der Waals surface area contributed by atoms with Gasteiger partial charge in [0, 0.05) is 28.9 Å². The number of nitrogens with one attached hydrogen (secondary N) is 1. The summed E-state index contributed by atoms with van der Waals surface area (Å²) in [7, 11) is -5.37.